The van der Waals surface area contributed by atoms with Gasteiger partial charge in [0, 0.05) is 36.5 Å². The fourth-order valence-electron chi connectivity index (χ4n) is 4.75. The second-order valence-corrected chi connectivity index (χ2v) is 7.53. The molecule has 2 unspecified atom stereocenters. The quantitative estimate of drug-likeness (QED) is 0.554. The third-order valence-corrected chi connectivity index (χ3v) is 6.03. The molecule has 1 spiro atoms. The van der Waals surface area contributed by atoms with E-state index >= 15 is 0 Å². The average molecular weight is 418 g/mol. The Morgan fingerprint density at radius 2 is 2.03 bits per heavy atom. The molecule has 3 aromatic rings. The van der Waals surface area contributed by atoms with E-state index < -0.39 is 11.5 Å². The van der Waals surface area contributed by atoms with E-state index in [0.29, 0.717) is 18.5 Å². The minimum Gasteiger partial charge on any atom is -0.483 e. The lowest BCUT2D eigenvalue weighted by molar-refractivity contribution is -0.123. The fourth-order valence-corrected chi connectivity index (χ4v) is 4.75. The van der Waals surface area contributed by atoms with Crippen molar-refractivity contribution in [1.82, 2.24) is 14.9 Å². The van der Waals surface area contributed by atoms with Crippen LogP contribution in [-0.2, 0) is 15.0 Å². The van der Waals surface area contributed by atoms with Crippen molar-refractivity contribution in [3.63, 3.8) is 0 Å². The second-order valence-electron chi connectivity index (χ2n) is 7.53. The molecule has 5 rings (SSSR count). The number of hydrogen-bond donors (Lipinski definition) is 3. The number of hydrogen-bond acceptors (Lipinski definition) is 4. The number of amides is 2. The summed E-state index contributed by atoms with van der Waals surface area (Å²) in [6.07, 6.45) is 5.81. The van der Waals surface area contributed by atoms with Gasteiger partial charge < -0.3 is 20.3 Å². The van der Waals surface area contributed by atoms with Gasteiger partial charge in [-0.2, -0.15) is 0 Å². The van der Waals surface area contributed by atoms with Crippen molar-refractivity contribution in [2.24, 2.45) is 0 Å². The maximum absolute atomic E-state index is 13.4. The number of H-pyrrole nitrogens is 1. The number of aromatic amines is 1. The van der Waals surface area contributed by atoms with Crippen molar-refractivity contribution in [2.45, 2.75) is 24.8 Å². The van der Waals surface area contributed by atoms with Gasteiger partial charge in [-0.3, -0.25) is 19.4 Å². The van der Waals surface area contributed by atoms with Gasteiger partial charge in [0.1, 0.15) is 5.41 Å². The van der Waals surface area contributed by atoms with Crippen LogP contribution in [0.5, 0.6) is 0 Å². The molecular formula is C23H22N4O4. The number of carbonyl (C=O) groups excluding carboxylic acids is 2. The first-order valence-electron chi connectivity index (χ1n) is 9.88. The SMILES string of the molecule is Cc1[nH]ccc1C(=O)N1CCC2(C(=O)Nc3ccccc32)C1c1cccnc1.O=CO. The maximum Gasteiger partial charge on any atom is 0.290 e. The molecular weight excluding hydrogens is 396 g/mol. The van der Waals surface area contributed by atoms with Gasteiger partial charge in [0.2, 0.25) is 5.91 Å². The number of nitrogens with one attached hydrogen (secondary N) is 2. The topological polar surface area (TPSA) is 115 Å². The van der Waals surface area contributed by atoms with E-state index in [0.717, 1.165) is 22.5 Å². The summed E-state index contributed by atoms with van der Waals surface area (Å²) in [6.45, 7) is 2.14. The minimum atomic E-state index is -0.806. The zero-order valence-electron chi connectivity index (χ0n) is 16.9. The highest BCUT2D eigenvalue weighted by molar-refractivity contribution is 6.08. The number of aryl methyl sites for hydroxylation is 1. The Kier molecular flexibility index (Phi) is 5.29. The summed E-state index contributed by atoms with van der Waals surface area (Å²) in [6, 6.07) is 13.0. The number of likely N-dealkylation sites (tertiary alicyclic amines) is 1. The molecule has 158 valence electrons. The molecule has 4 heterocycles. The highest BCUT2D eigenvalue weighted by Gasteiger charge is 2.59. The Labute approximate surface area is 178 Å². The number of pyridine rings is 1. The largest absolute Gasteiger partial charge is 0.483 e. The van der Waals surface area contributed by atoms with Gasteiger partial charge in [-0.25, -0.2) is 0 Å². The van der Waals surface area contributed by atoms with Crippen molar-refractivity contribution in [1.29, 1.82) is 0 Å². The molecule has 3 N–H and O–H groups in total. The van der Waals surface area contributed by atoms with E-state index in [4.69, 9.17) is 9.90 Å². The first-order valence-corrected chi connectivity index (χ1v) is 9.88. The van der Waals surface area contributed by atoms with Crippen LogP contribution in [0.15, 0.2) is 61.1 Å². The lowest BCUT2D eigenvalue weighted by Gasteiger charge is -2.34. The van der Waals surface area contributed by atoms with Crippen LogP contribution < -0.4 is 5.32 Å². The molecule has 2 aliphatic heterocycles. The molecule has 8 heteroatoms. The third-order valence-electron chi connectivity index (χ3n) is 6.03. The number of nitrogens with zero attached hydrogens (tertiary/aromatic N) is 2. The van der Waals surface area contributed by atoms with Crippen LogP contribution in [0, 0.1) is 6.92 Å². The van der Waals surface area contributed by atoms with Crippen LogP contribution in [0.25, 0.3) is 0 Å². The van der Waals surface area contributed by atoms with Crippen molar-refractivity contribution in [3.8, 4) is 0 Å². The van der Waals surface area contributed by atoms with E-state index in [9.17, 15) is 9.59 Å². The van der Waals surface area contributed by atoms with Crippen LogP contribution in [-0.4, -0.2) is 44.8 Å². The second kappa shape index (κ2) is 8.06. The number of rotatable bonds is 2. The number of fused-ring (bicyclic) bond motifs is 2. The van der Waals surface area contributed by atoms with Gasteiger partial charge in [-0.05, 0) is 42.7 Å². The highest BCUT2D eigenvalue weighted by Crippen LogP contribution is 2.54. The van der Waals surface area contributed by atoms with Crippen molar-refractivity contribution < 1.29 is 19.5 Å². The standard InChI is InChI=1S/C22H20N4O2.CH2O2/c1-14-16(8-11-24-14)20(27)26-12-9-22(19(26)15-5-4-10-23-13-15)17-6-2-3-7-18(17)25-21(22)28;2-1-3/h2-8,10-11,13,19,24H,9,12H2,1H3,(H,25,28);1H,(H,2,3). The zero-order chi connectivity index (χ0) is 22.0. The molecule has 2 aromatic heterocycles. The van der Waals surface area contributed by atoms with E-state index in [1.165, 1.54) is 0 Å². The molecule has 2 amide bonds. The van der Waals surface area contributed by atoms with E-state index in [1.54, 1.807) is 24.7 Å². The first kappa shape index (κ1) is 20.3. The van der Waals surface area contributed by atoms with Crippen LogP contribution in [0.2, 0.25) is 0 Å². The number of para-hydroxylation sites is 1. The Hall–Kier alpha value is -3.94. The number of carboxylic acid groups (broad SMARTS) is 1. The normalized spacial score (nSPS) is 21.3. The van der Waals surface area contributed by atoms with E-state index in [2.05, 4.69) is 15.3 Å². The van der Waals surface area contributed by atoms with Crippen molar-refractivity contribution >= 4 is 24.0 Å². The molecule has 1 saturated heterocycles. The smallest absolute Gasteiger partial charge is 0.290 e. The Bertz CT molecular complexity index is 1130. The van der Waals surface area contributed by atoms with Gasteiger partial charge in [-0.1, -0.05) is 24.3 Å². The zero-order valence-corrected chi connectivity index (χ0v) is 16.9. The number of carbonyl (C=O) groups is 3. The molecule has 1 aromatic carbocycles. The van der Waals surface area contributed by atoms with Crippen molar-refractivity contribution in [3.05, 3.63) is 83.4 Å². The molecule has 1 fully saturated rings. The summed E-state index contributed by atoms with van der Waals surface area (Å²) in [5.41, 5.74) is 3.31. The van der Waals surface area contributed by atoms with Crippen LogP contribution in [0.3, 0.4) is 0 Å². The lowest BCUT2D eigenvalue weighted by Crippen LogP contribution is -2.42. The summed E-state index contributed by atoms with van der Waals surface area (Å²) in [7, 11) is 0. The van der Waals surface area contributed by atoms with Gasteiger partial charge >= 0.3 is 0 Å². The van der Waals surface area contributed by atoms with Crippen LogP contribution in [0.1, 0.15) is 39.6 Å². The monoisotopic (exact) mass is 418 g/mol. The fraction of sp³-hybridized carbons (Fsp3) is 0.217. The maximum atomic E-state index is 13.4. The lowest BCUT2D eigenvalue weighted by atomic mass is 9.73. The molecule has 0 bridgehead atoms. The van der Waals surface area contributed by atoms with Gasteiger partial charge in [-0.15, -0.1) is 0 Å². The Balaban J connectivity index is 0.000000730. The van der Waals surface area contributed by atoms with E-state index in [-0.39, 0.29) is 18.3 Å². The van der Waals surface area contributed by atoms with Gasteiger partial charge in [0.05, 0.1) is 11.6 Å². The summed E-state index contributed by atoms with van der Waals surface area (Å²) in [5.74, 6) is -0.120. The summed E-state index contributed by atoms with van der Waals surface area (Å²) in [5, 5.41) is 9.92. The minimum absolute atomic E-state index is 0.0522. The van der Waals surface area contributed by atoms with Crippen molar-refractivity contribution in [2.75, 3.05) is 11.9 Å². The van der Waals surface area contributed by atoms with Crippen LogP contribution >= 0.6 is 0 Å². The molecule has 0 saturated carbocycles. The Morgan fingerprint density at radius 1 is 1.26 bits per heavy atom. The van der Waals surface area contributed by atoms with Crippen LogP contribution in [0.4, 0.5) is 5.69 Å². The van der Waals surface area contributed by atoms with E-state index in [1.807, 2.05) is 48.2 Å². The summed E-state index contributed by atoms with van der Waals surface area (Å²) < 4.78 is 0. The molecule has 0 radical (unpaired) electrons. The predicted molar refractivity (Wildman–Crippen MR) is 114 cm³/mol. The number of benzene rings is 1. The summed E-state index contributed by atoms with van der Waals surface area (Å²) in [4.78, 5) is 44.2. The molecule has 8 nitrogen and oxygen atoms in total. The molecule has 31 heavy (non-hydrogen) atoms. The average Bonchev–Trinajstić information content (AvgIpc) is 3.46. The van der Waals surface area contributed by atoms with Gasteiger partial charge in [0.15, 0.2) is 0 Å². The predicted octanol–water partition coefficient (Wildman–Crippen LogP) is 2.90. The number of aromatic nitrogens is 2. The molecule has 2 atom stereocenters. The first-order chi connectivity index (χ1) is 15.0. The number of anilines is 1. The molecule has 0 aliphatic carbocycles. The highest BCUT2D eigenvalue weighted by atomic mass is 16.3. The third kappa shape index (κ3) is 3.16. The molecule has 2 aliphatic rings. The Morgan fingerprint density at radius 3 is 2.71 bits per heavy atom. The summed E-state index contributed by atoms with van der Waals surface area (Å²) >= 11 is 0. The van der Waals surface area contributed by atoms with Gasteiger partial charge in [0.25, 0.3) is 12.4 Å².